The second kappa shape index (κ2) is 3.47. The molecule has 0 fully saturated rings. The molecule has 0 radical (unpaired) electrons. The molecule has 0 amide bonds. The molecule has 30 valence electrons. The first-order chi connectivity index (χ1) is 2.41. The summed E-state index contributed by atoms with van der Waals surface area (Å²) >= 11 is 0. The molecule has 0 aliphatic heterocycles. The predicted octanol–water partition coefficient (Wildman–Crippen LogP) is -0.954. The summed E-state index contributed by atoms with van der Waals surface area (Å²) in [7, 11) is 0. The van der Waals surface area contributed by atoms with Crippen molar-refractivity contribution in [1.82, 2.24) is 0 Å². The lowest BCUT2D eigenvalue weighted by molar-refractivity contribution is -0.368. The van der Waals surface area contributed by atoms with Crippen molar-refractivity contribution >= 4 is 6.21 Å². The highest BCUT2D eigenvalue weighted by molar-refractivity contribution is 5.49. The zero-order valence-corrected chi connectivity index (χ0v) is 3.19. The van der Waals surface area contributed by atoms with Crippen molar-refractivity contribution in [1.29, 1.82) is 0 Å². The highest BCUT2D eigenvalue weighted by Gasteiger charge is 1.58. The summed E-state index contributed by atoms with van der Waals surface area (Å²) in [4.78, 5) is 0. The third kappa shape index (κ3) is 3.47. The van der Waals surface area contributed by atoms with Crippen LogP contribution in [0.25, 0.3) is 0 Å². The van der Waals surface area contributed by atoms with Crippen molar-refractivity contribution in [2.75, 3.05) is 0 Å². The van der Waals surface area contributed by atoms with Gasteiger partial charge in [0.15, 0.2) is 0 Å². The Kier molecular flexibility index (Phi) is 3.10. The van der Waals surface area contributed by atoms with E-state index in [0.29, 0.717) is 0 Å². The van der Waals surface area contributed by atoms with Gasteiger partial charge in [0.05, 0.1) is 0 Å². The fourth-order valence-corrected chi connectivity index (χ4v) is 0.0833. The number of hydrogen-bond donors (Lipinski definition) is 1. The van der Waals surface area contributed by atoms with E-state index in [1.54, 1.807) is 5.16 Å². The topological polar surface area (TPSA) is 37.0 Å². The molecule has 0 aliphatic rings. The van der Waals surface area contributed by atoms with Crippen LogP contribution in [0.4, 0.5) is 0 Å². The molecule has 5 heavy (non-hydrogen) atoms. The smallest absolute Gasteiger partial charge is 0.148 e. The van der Waals surface area contributed by atoms with Gasteiger partial charge in [-0.1, -0.05) is 6.92 Å². The van der Waals surface area contributed by atoms with Crippen LogP contribution < -0.4 is 5.16 Å². The van der Waals surface area contributed by atoms with Gasteiger partial charge in [0.1, 0.15) is 6.21 Å². The van der Waals surface area contributed by atoms with Crippen molar-refractivity contribution in [3.05, 3.63) is 5.21 Å². The monoisotopic (exact) mass is 73.1 g/mol. The first-order valence-corrected chi connectivity index (χ1v) is 1.61. The fourth-order valence-electron chi connectivity index (χ4n) is 0.0833. The van der Waals surface area contributed by atoms with E-state index in [-0.39, 0.29) is 0 Å². The first-order valence-electron chi connectivity index (χ1n) is 1.61. The van der Waals surface area contributed by atoms with Crippen LogP contribution in [0, 0.1) is 5.21 Å². The molecule has 0 aromatic carbocycles. The van der Waals surface area contributed by atoms with Crippen LogP contribution in [0.2, 0.25) is 0 Å². The molecule has 0 aliphatic carbocycles. The van der Waals surface area contributed by atoms with Gasteiger partial charge in [-0.05, 0) is 0 Å². The van der Waals surface area contributed by atoms with E-state index in [4.69, 9.17) is 0 Å². The quantitative estimate of drug-likeness (QED) is 0.242. The minimum absolute atomic E-state index is 0.795. The maximum atomic E-state index is 9.22. The largest absolute Gasteiger partial charge is 0.626 e. The van der Waals surface area contributed by atoms with Gasteiger partial charge in [0.2, 0.25) is 0 Å². The average Bonchev–Trinajstić information content (AvgIpc) is 1.41. The van der Waals surface area contributed by atoms with Crippen LogP contribution >= 0.6 is 0 Å². The summed E-state index contributed by atoms with van der Waals surface area (Å²) in [6.45, 7) is 1.89. The summed E-state index contributed by atoms with van der Waals surface area (Å²) in [6.07, 6.45) is 2.24. The summed E-state index contributed by atoms with van der Waals surface area (Å²) < 4.78 is 0. The van der Waals surface area contributed by atoms with Crippen LogP contribution in [0.5, 0.6) is 0 Å². The fraction of sp³-hybridized carbons (Fsp3) is 0.667. The van der Waals surface area contributed by atoms with Gasteiger partial charge in [-0.25, -0.2) is 5.16 Å². The van der Waals surface area contributed by atoms with E-state index < -0.39 is 0 Å². The van der Waals surface area contributed by atoms with Crippen molar-refractivity contribution in [3.8, 4) is 0 Å². The maximum Gasteiger partial charge on any atom is 0.148 e. The third-order valence-corrected chi connectivity index (χ3v) is 0.287. The van der Waals surface area contributed by atoms with E-state index in [9.17, 15) is 5.21 Å². The second-order valence-electron chi connectivity index (χ2n) is 0.730. The molecule has 2 heteroatoms. The third-order valence-electron chi connectivity index (χ3n) is 0.287. The Morgan fingerprint density at radius 2 is 2.60 bits per heavy atom. The molecule has 2 nitrogen and oxygen atoms in total. The van der Waals surface area contributed by atoms with E-state index in [0.717, 1.165) is 6.42 Å². The summed E-state index contributed by atoms with van der Waals surface area (Å²) in [5.74, 6) is 0. The molecule has 0 spiro atoms. The molecule has 0 bridgehead atoms. The highest BCUT2D eigenvalue weighted by atomic mass is 16.4. The van der Waals surface area contributed by atoms with Gasteiger partial charge < -0.3 is 5.21 Å². The van der Waals surface area contributed by atoms with Crippen molar-refractivity contribution in [2.45, 2.75) is 13.3 Å². The zero-order chi connectivity index (χ0) is 4.12. The molecular formula is C3H7NO. The average molecular weight is 73.1 g/mol. The van der Waals surface area contributed by atoms with E-state index in [1.807, 2.05) is 6.92 Å². The lowest BCUT2D eigenvalue weighted by Gasteiger charge is -1.70. The lowest BCUT2D eigenvalue weighted by atomic mass is 10.6. The molecule has 0 aromatic rings. The SMILES string of the molecule is CCC=[NH+][O-]. The summed E-state index contributed by atoms with van der Waals surface area (Å²) in [6, 6.07) is 0. The van der Waals surface area contributed by atoms with Crippen LogP contribution in [-0.4, -0.2) is 6.21 Å². The maximum absolute atomic E-state index is 9.22. The first kappa shape index (κ1) is 4.47. The molecule has 0 saturated heterocycles. The molecule has 0 atom stereocenters. The van der Waals surface area contributed by atoms with E-state index in [1.165, 1.54) is 6.21 Å². The Morgan fingerprint density at radius 3 is 2.60 bits per heavy atom. The van der Waals surface area contributed by atoms with Gasteiger partial charge in [0.25, 0.3) is 0 Å². The van der Waals surface area contributed by atoms with Crippen molar-refractivity contribution < 1.29 is 5.16 Å². The second-order valence-corrected chi connectivity index (χ2v) is 0.730. The molecular weight excluding hydrogens is 66.0 g/mol. The van der Waals surface area contributed by atoms with Gasteiger partial charge in [0, 0.05) is 6.42 Å². The molecule has 0 aromatic heterocycles. The molecule has 0 unspecified atom stereocenters. The van der Waals surface area contributed by atoms with Crippen LogP contribution in [0.15, 0.2) is 0 Å². The van der Waals surface area contributed by atoms with Crippen molar-refractivity contribution in [2.24, 2.45) is 0 Å². The Hall–Kier alpha value is -0.530. The summed E-state index contributed by atoms with van der Waals surface area (Å²) in [5.41, 5.74) is 0. The Bertz CT molecular complexity index is 33.9. The van der Waals surface area contributed by atoms with Crippen LogP contribution in [-0.2, 0) is 0 Å². The van der Waals surface area contributed by atoms with Gasteiger partial charge in [-0.3, -0.25) is 0 Å². The standard InChI is InChI=1S/C3H7NO/c1-2-3-4-5/h3-4H,2H2,1H3. The highest BCUT2D eigenvalue weighted by Crippen LogP contribution is 1.50. The van der Waals surface area contributed by atoms with Crippen molar-refractivity contribution in [3.63, 3.8) is 0 Å². The van der Waals surface area contributed by atoms with Gasteiger partial charge in [-0.2, -0.15) is 0 Å². The number of nitrogens with one attached hydrogen (secondary N) is 1. The number of hydrogen-bond acceptors (Lipinski definition) is 1. The number of rotatable bonds is 1. The minimum Gasteiger partial charge on any atom is -0.626 e. The van der Waals surface area contributed by atoms with Crippen LogP contribution in [0.1, 0.15) is 13.3 Å². The molecule has 0 rings (SSSR count). The Labute approximate surface area is 31.1 Å². The van der Waals surface area contributed by atoms with Gasteiger partial charge >= 0.3 is 0 Å². The van der Waals surface area contributed by atoms with Gasteiger partial charge in [-0.15, -0.1) is 0 Å². The molecule has 0 heterocycles. The molecule has 0 saturated carbocycles. The Balaban J connectivity index is 2.62. The molecule has 1 N–H and O–H groups in total. The predicted molar refractivity (Wildman–Crippen MR) is 20.7 cm³/mol. The van der Waals surface area contributed by atoms with Crippen LogP contribution in [0.3, 0.4) is 0 Å². The zero-order valence-electron chi connectivity index (χ0n) is 3.19. The Morgan fingerprint density at radius 1 is 2.00 bits per heavy atom. The normalized spacial score (nSPS) is 9.80. The summed E-state index contributed by atoms with van der Waals surface area (Å²) in [5, 5.41) is 10.9. The van der Waals surface area contributed by atoms with E-state index in [2.05, 4.69) is 0 Å². The lowest BCUT2D eigenvalue weighted by Crippen LogP contribution is -2.59. The van der Waals surface area contributed by atoms with E-state index >= 15 is 0 Å². The minimum atomic E-state index is 0.795.